The summed E-state index contributed by atoms with van der Waals surface area (Å²) in [6, 6.07) is 0. The van der Waals surface area contributed by atoms with Gasteiger partial charge in [0, 0.05) is 0 Å². The Kier molecular flexibility index (Phi) is 5.50. The predicted molar refractivity (Wildman–Crippen MR) is 59.6 cm³/mol. The van der Waals surface area contributed by atoms with Crippen LogP contribution in [0.5, 0.6) is 0 Å². The maximum Gasteiger partial charge on any atom is -0.0388 e. The van der Waals surface area contributed by atoms with Crippen molar-refractivity contribution in [2.24, 2.45) is 11.8 Å². The zero-order valence-electron chi connectivity index (χ0n) is 9.23. The van der Waals surface area contributed by atoms with Crippen molar-refractivity contribution in [1.82, 2.24) is 0 Å². The standard InChI is InChI=1S/C13H25/c1-3-4-5-6-7-9-12(2)13-10-8-11-13/h12-13H,1,3-11H2,2H3. The van der Waals surface area contributed by atoms with Gasteiger partial charge in [-0.3, -0.25) is 0 Å². The fourth-order valence-electron chi connectivity index (χ4n) is 2.24. The van der Waals surface area contributed by atoms with E-state index in [9.17, 15) is 0 Å². The molecule has 1 unspecified atom stereocenters. The summed E-state index contributed by atoms with van der Waals surface area (Å²) in [5, 5.41) is 0. The molecule has 0 amide bonds. The van der Waals surface area contributed by atoms with Crippen LogP contribution in [0, 0.1) is 18.8 Å². The highest BCUT2D eigenvalue weighted by Crippen LogP contribution is 2.35. The van der Waals surface area contributed by atoms with Gasteiger partial charge in [-0.15, -0.1) is 0 Å². The topological polar surface area (TPSA) is 0 Å². The van der Waals surface area contributed by atoms with E-state index in [1.165, 1.54) is 51.4 Å². The van der Waals surface area contributed by atoms with Crippen LogP contribution < -0.4 is 0 Å². The van der Waals surface area contributed by atoms with Crippen molar-refractivity contribution in [3.8, 4) is 0 Å². The summed E-state index contributed by atoms with van der Waals surface area (Å²) in [4.78, 5) is 0. The van der Waals surface area contributed by atoms with Gasteiger partial charge in [-0.05, 0) is 11.8 Å². The molecule has 0 N–H and O–H groups in total. The molecule has 1 atom stereocenters. The predicted octanol–water partition coefficient (Wildman–Crippen LogP) is 4.60. The van der Waals surface area contributed by atoms with Crippen molar-refractivity contribution in [1.29, 1.82) is 0 Å². The zero-order valence-corrected chi connectivity index (χ0v) is 9.23. The van der Waals surface area contributed by atoms with Crippen molar-refractivity contribution in [2.75, 3.05) is 0 Å². The Morgan fingerprint density at radius 3 is 2.38 bits per heavy atom. The van der Waals surface area contributed by atoms with E-state index in [4.69, 9.17) is 0 Å². The van der Waals surface area contributed by atoms with Crippen molar-refractivity contribution >= 4 is 0 Å². The van der Waals surface area contributed by atoms with E-state index in [2.05, 4.69) is 13.8 Å². The van der Waals surface area contributed by atoms with Crippen molar-refractivity contribution in [3.63, 3.8) is 0 Å². The average molecular weight is 181 g/mol. The van der Waals surface area contributed by atoms with Gasteiger partial charge in [0.25, 0.3) is 0 Å². The Morgan fingerprint density at radius 1 is 1.15 bits per heavy atom. The molecular weight excluding hydrogens is 156 g/mol. The molecule has 0 heteroatoms. The van der Waals surface area contributed by atoms with Crippen LogP contribution >= 0.6 is 0 Å². The van der Waals surface area contributed by atoms with E-state index in [1.54, 1.807) is 0 Å². The quantitative estimate of drug-likeness (QED) is 0.504. The first-order chi connectivity index (χ1) is 6.34. The van der Waals surface area contributed by atoms with Gasteiger partial charge < -0.3 is 0 Å². The first kappa shape index (κ1) is 11.1. The SMILES string of the molecule is [CH2]CCCCCCC(C)C1CCC1. The lowest BCUT2D eigenvalue weighted by Gasteiger charge is -2.31. The molecule has 1 saturated carbocycles. The molecule has 0 spiro atoms. The average Bonchev–Trinajstić information content (AvgIpc) is 2.01. The second kappa shape index (κ2) is 6.45. The van der Waals surface area contributed by atoms with Gasteiger partial charge in [-0.25, -0.2) is 0 Å². The maximum atomic E-state index is 3.87. The minimum Gasteiger partial charge on any atom is -0.0622 e. The van der Waals surface area contributed by atoms with E-state index in [0.717, 1.165) is 18.3 Å². The summed E-state index contributed by atoms with van der Waals surface area (Å²) in [5.41, 5.74) is 0. The van der Waals surface area contributed by atoms with Crippen molar-refractivity contribution < 1.29 is 0 Å². The molecule has 0 aromatic heterocycles. The fraction of sp³-hybridized carbons (Fsp3) is 0.923. The van der Waals surface area contributed by atoms with Crippen LogP contribution in [0.1, 0.15) is 64.7 Å². The van der Waals surface area contributed by atoms with E-state index < -0.39 is 0 Å². The Bertz CT molecular complexity index is 113. The molecular formula is C13H25. The monoisotopic (exact) mass is 181 g/mol. The summed E-state index contributed by atoms with van der Waals surface area (Å²) in [6.45, 7) is 6.32. The van der Waals surface area contributed by atoms with Crippen LogP contribution in [-0.2, 0) is 0 Å². The lowest BCUT2D eigenvalue weighted by Crippen LogP contribution is -2.19. The summed E-state index contributed by atoms with van der Waals surface area (Å²) >= 11 is 0. The molecule has 0 heterocycles. The zero-order chi connectivity index (χ0) is 9.52. The minimum atomic E-state index is 1.01. The van der Waals surface area contributed by atoms with Gasteiger partial charge >= 0.3 is 0 Å². The number of hydrogen-bond donors (Lipinski definition) is 0. The maximum absolute atomic E-state index is 3.87. The molecule has 0 aromatic carbocycles. The summed E-state index contributed by atoms with van der Waals surface area (Å²) in [7, 11) is 0. The molecule has 13 heavy (non-hydrogen) atoms. The number of hydrogen-bond acceptors (Lipinski definition) is 0. The molecule has 1 rings (SSSR count). The highest BCUT2D eigenvalue weighted by atomic mass is 14.3. The molecule has 1 fully saturated rings. The minimum absolute atomic E-state index is 1.01. The van der Waals surface area contributed by atoms with E-state index in [-0.39, 0.29) is 0 Å². The van der Waals surface area contributed by atoms with Crippen LogP contribution in [0.25, 0.3) is 0 Å². The van der Waals surface area contributed by atoms with Crippen LogP contribution in [-0.4, -0.2) is 0 Å². The van der Waals surface area contributed by atoms with Crippen LogP contribution in [0.15, 0.2) is 0 Å². The highest BCUT2D eigenvalue weighted by molar-refractivity contribution is 4.74. The normalized spacial score (nSPS) is 19.8. The smallest absolute Gasteiger partial charge is 0.0388 e. The van der Waals surface area contributed by atoms with Gasteiger partial charge in [0.2, 0.25) is 0 Å². The Labute approximate surface area is 84.1 Å². The first-order valence-electron chi connectivity index (χ1n) is 6.14. The highest BCUT2D eigenvalue weighted by Gasteiger charge is 2.22. The number of rotatable bonds is 7. The van der Waals surface area contributed by atoms with Gasteiger partial charge in [0.1, 0.15) is 0 Å². The third kappa shape index (κ3) is 4.15. The van der Waals surface area contributed by atoms with Crippen LogP contribution in [0.3, 0.4) is 0 Å². The lowest BCUT2D eigenvalue weighted by atomic mass is 9.75. The Morgan fingerprint density at radius 2 is 1.85 bits per heavy atom. The van der Waals surface area contributed by atoms with E-state index in [0.29, 0.717) is 0 Å². The summed E-state index contributed by atoms with van der Waals surface area (Å²) < 4.78 is 0. The van der Waals surface area contributed by atoms with Crippen molar-refractivity contribution in [3.05, 3.63) is 6.92 Å². The van der Waals surface area contributed by atoms with Gasteiger partial charge in [-0.2, -0.15) is 0 Å². The second-order valence-electron chi connectivity index (χ2n) is 4.72. The Balaban J connectivity index is 1.86. The summed E-state index contributed by atoms with van der Waals surface area (Å²) in [6.07, 6.45) is 12.7. The van der Waals surface area contributed by atoms with Gasteiger partial charge in [0.05, 0.1) is 0 Å². The molecule has 1 radical (unpaired) electrons. The Hall–Kier alpha value is 0. The molecule has 1 aliphatic rings. The molecule has 0 nitrogen and oxygen atoms in total. The second-order valence-corrected chi connectivity index (χ2v) is 4.72. The third-order valence-electron chi connectivity index (χ3n) is 3.61. The first-order valence-corrected chi connectivity index (χ1v) is 6.14. The van der Waals surface area contributed by atoms with Gasteiger partial charge in [0.15, 0.2) is 0 Å². The van der Waals surface area contributed by atoms with Crippen molar-refractivity contribution in [2.45, 2.75) is 64.7 Å². The summed E-state index contributed by atoms with van der Waals surface area (Å²) in [5.74, 6) is 2.10. The molecule has 1 aliphatic carbocycles. The van der Waals surface area contributed by atoms with E-state index >= 15 is 0 Å². The molecule has 0 aliphatic heterocycles. The third-order valence-corrected chi connectivity index (χ3v) is 3.61. The molecule has 0 saturated heterocycles. The van der Waals surface area contributed by atoms with E-state index in [1.807, 2.05) is 0 Å². The molecule has 0 bridgehead atoms. The number of unbranched alkanes of at least 4 members (excludes halogenated alkanes) is 4. The largest absolute Gasteiger partial charge is 0.0622 e. The van der Waals surface area contributed by atoms with Gasteiger partial charge in [-0.1, -0.05) is 71.6 Å². The molecule has 0 aromatic rings. The fourth-order valence-corrected chi connectivity index (χ4v) is 2.24. The lowest BCUT2D eigenvalue weighted by molar-refractivity contribution is 0.206. The van der Waals surface area contributed by atoms with Crippen LogP contribution in [0.2, 0.25) is 0 Å². The molecule has 77 valence electrons. The van der Waals surface area contributed by atoms with Crippen LogP contribution in [0.4, 0.5) is 0 Å².